The standard InChI is InChI=1S/C21H22N4O3/c1-2-3-12-28-17-10-8-16(9-11-17)24-20(26)21(27)25-23-14-15-13-22-19-7-5-4-6-18(15)19/h4-11,13-14,22H,2-3,12H2,1H3,(H,24,26)(H,25,27)/b23-14+. The van der Waals surface area contributed by atoms with E-state index in [1.54, 1.807) is 30.5 Å². The van der Waals surface area contributed by atoms with Gasteiger partial charge in [-0.2, -0.15) is 5.10 Å². The number of nitrogens with zero attached hydrogens (tertiary/aromatic N) is 1. The second-order valence-electron chi connectivity index (χ2n) is 6.17. The molecule has 1 heterocycles. The molecule has 1 aromatic heterocycles. The highest BCUT2D eigenvalue weighted by Crippen LogP contribution is 2.16. The van der Waals surface area contributed by atoms with Gasteiger partial charge >= 0.3 is 11.8 Å². The lowest BCUT2D eigenvalue weighted by atomic mass is 10.2. The number of fused-ring (bicyclic) bond motifs is 1. The van der Waals surface area contributed by atoms with E-state index >= 15 is 0 Å². The van der Waals surface area contributed by atoms with Crippen LogP contribution in [-0.2, 0) is 9.59 Å². The first-order valence-electron chi connectivity index (χ1n) is 9.10. The second kappa shape index (κ2) is 9.36. The van der Waals surface area contributed by atoms with Crippen LogP contribution in [0, 0.1) is 0 Å². The molecule has 0 aliphatic heterocycles. The van der Waals surface area contributed by atoms with E-state index in [-0.39, 0.29) is 0 Å². The van der Waals surface area contributed by atoms with E-state index in [1.165, 1.54) is 6.21 Å². The summed E-state index contributed by atoms with van der Waals surface area (Å²) in [4.78, 5) is 27.0. The normalized spacial score (nSPS) is 10.9. The van der Waals surface area contributed by atoms with E-state index in [9.17, 15) is 9.59 Å². The van der Waals surface area contributed by atoms with Crippen molar-refractivity contribution in [2.75, 3.05) is 11.9 Å². The summed E-state index contributed by atoms with van der Waals surface area (Å²) in [6.07, 6.45) is 5.32. The summed E-state index contributed by atoms with van der Waals surface area (Å²) in [7, 11) is 0. The third-order valence-electron chi connectivity index (χ3n) is 4.08. The van der Waals surface area contributed by atoms with Crippen molar-refractivity contribution in [1.82, 2.24) is 10.4 Å². The average Bonchev–Trinajstić information content (AvgIpc) is 3.12. The molecule has 7 nitrogen and oxygen atoms in total. The van der Waals surface area contributed by atoms with E-state index in [0.717, 1.165) is 35.1 Å². The number of amides is 2. The van der Waals surface area contributed by atoms with Gasteiger partial charge in [0.15, 0.2) is 0 Å². The summed E-state index contributed by atoms with van der Waals surface area (Å²) in [5.74, 6) is -0.922. The molecule has 0 bridgehead atoms. The first-order chi connectivity index (χ1) is 13.7. The van der Waals surface area contributed by atoms with Crippen LogP contribution in [0.4, 0.5) is 5.69 Å². The fourth-order valence-corrected chi connectivity index (χ4v) is 2.57. The highest BCUT2D eigenvalue weighted by atomic mass is 16.5. The molecule has 0 aliphatic rings. The molecule has 7 heteroatoms. The number of nitrogens with one attached hydrogen (secondary N) is 3. The number of hydrogen-bond acceptors (Lipinski definition) is 4. The Kier molecular flexibility index (Phi) is 6.41. The van der Waals surface area contributed by atoms with E-state index in [4.69, 9.17) is 4.74 Å². The number of unbranched alkanes of at least 4 members (excludes halogenated alkanes) is 1. The van der Waals surface area contributed by atoms with Crippen LogP contribution in [0.5, 0.6) is 5.75 Å². The molecular formula is C21H22N4O3. The number of carbonyl (C=O) groups excluding carboxylic acids is 2. The van der Waals surface area contributed by atoms with Gasteiger partial charge in [0.25, 0.3) is 0 Å². The van der Waals surface area contributed by atoms with Crippen molar-refractivity contribution < 1.29 is 14.3 Å². The Hall–Kier alpha value is -3.61. The van der Waals surface area contributed by atoms with Crippen molar-refractivity contribution in [2.24, 2.45) is 5.10 Å². The van der Waals surface area contributed by atoms with Gasteiger partial charge < -0.3 is 15.0 Å². The zero-order chi connectivity index (χ0) is 19.8. The number of benzene rings is 2. The van der Waals surface area contributed by atoms with Gasteiger partial charge in [-0.25, -0.2) is 5.43 Å². The molecule has 2 aromatic carbocycles. The predicted molar refractivity (Wildman–Crippen MR) is 110 cm³/mol. The fourth-order valence-electron chi connectivity index (χ4n) is 2.57. The number of rotatable bonds is 7. The van der Waals surface area contributed by atoms with Crippen molar-refractivity contribution >= 4 is 34.6 Å². The monoisotopic (exact) mass is 378 g/mol. The number of aromatic nitrogens is 1. The Labute approximate surface area is 162 Å². The lowest BCUT2D eigenvalue weighted by molar-refractivity contribution is -0.136. The minimum absolute atomic E-state index is 0.503. The summed E-state index contributed by atoms with van der Waals surface area (Å²) >= 11 is 0. The number of H-pyrrole nitrogens is 1. The maximum Gasteiger partial charge on any atom is 0.329 e. The summed E-state index contributed by atoms with van der Waals surface area (Å²) in [6.45, 7) is 2.75. The Bertz CT molecular complexity index is 977. The lowest BCUT2D eigenvalue weighted by Gasteiger charge is -2.07. The summed E-state index contributed by atoms with van der Waals surface area (Å²) < 4.78 is 5.56. The Balaban J connectivity index is 1.51. The summed E-state index contributed by atoms with van der Waals surface area (Å²) in [5, 5.41) is 7.36. The zero-order valence-electron chi connectivity index (χ0n) is 15.6. The van der Waals surface area contributed by atoms with Gasteiger partial charge in [-0.1, -0.05) is 31.5 Å². The van der Waals surface area contributed by atoms with Gasteiger partial charge in [0.2, 0.25) is 0 Å². The van der Waals surface area contributed by atoms with Gasteiger partial charge in [-0.15, -0.1) is 0 Å². The second-order valence-corrected chi connectivity index (χ2v) is 6.17. The van der Waals surface area contributed by atoms with Crippen molar-refractivity contribution in [2.45, 2.75) is 19.8 Å². The molecule has 0 aliphatic carbocycles. The van der Waals surface area contributed by atoms with Crippen molar-refractivity contribution in [3.05, 3.63) is 60.3 Å². The molecule has 0 radical (unpaired) electrons. The molecule has 0 fully saturated rings. The minimum atomic E-state index is -0.848. The molecule has 28 heavy (non-hydrogen) atoms. The van der Waals surface area contributed by atoms with Gasteiger partial charge in [-0.05, 0) is 36.8 Å². The highest BCUT2D eigenvalue weighted by Gasteiger charge is 2.13. The molecule has 2 amide bonds. The molecule has 3 N–H and O–H groups in total. The molecule has 0 spiro atoms. The molecule has 3 rings (SSSR count). The number of aromatic amines is 1. The molecule has 0 atom stereocenters. The maximum absolute atomic E-state index is 12.0. The number of ether oxygens (including phenoxy) is 1. The van der Waals surface area contributed by atoms with E-state index in [0.29, 0.717) is 12.3 Å². The van der Waals surface area contributed by atoms with Crippen LogP contribution >= 0.6 is 0 Å². The fraction of sp³-hybridized carbons (Fsp3) is 0.190. The Morgan fingerprint density at radius 3 is 2.68 bits per heavy atom. The van der Waals surface area contributed by atoms with E-state index in [1.807, 2.05) is 24.3 Å². The van der Waals surface area contributed by atoms with E-state index in [2.05, 4.69) is 27.8 Å². The van der Waals surface area contributed by atoms with Crippen LogP contribution in [0.15, 0.2) is 59.8 Å². The predicted octanol–water partition coefficient (Wildman–Crippen LogP) is 3.44. The van der Waals surface area contributed by atoms with Crippen LogP contribution in [0.3, 0.4) is 0 Å². The molecule has 3 aromatic rings. The first-order valence-corrected chi connectivity index (χ1v) is 9.10. The van der Waals surface area contributed by atoms with Crippen LogP contribution < -0.4 is 15.5 Å². The number of hydrazone groups is 1. The lowest BCUT2D eigenvalue weighted by Crippen LogP contribution is -2.32. The third-order valence-corrected chi connectivity index (χ3v) is 4.08. The van der Waals surface area contributed by atoms with Gasteiger partial charge in [0.05, 0.1) is 12.8 Å². The van der Waals surface area contributed by atoms with Gasteiger partial charge in [0.1, 0.15) is 5.75 Å². The quantitative estimate of drug-likeness (QED) is 0.254. The molecule has 0 unspecified atom stereocenters. The Morgan fingerprint density at radius 2 is 1.89 bits per heavy atom. The van der Waals surface area contributed by atoms with Crippen molar-refractivity contribution in [1.29, 1.82) is 0 Å². The molecule has 144 valence electrons. The van der Waals surface area contributed by atoms with Crippen LogP contribution in [0.25, 0.3) is 10.9 Å². The van der Waals surface area contributed by atoms with Gasteiger partial charge in [-0.3, -0.25) is 9.59 Å². The maximum atomic E-state index is 12.0. The Morgan fingerprint density at radius 1 is 1.11 bits per heavy atom. The zero-order valence-corrected chi connectivity index (χ0v) is 15.6. The number of carbonyl (C=O) groups is 2. The molecule has 0 saturated carbocycles. The number of hydrogen-bond donors (Lipinski definition) is 3. The largest absolute Gasteiger partial charge is 0.494 e. The number of para-hydroxylation sites is 1. The van der Waals surface area contributed by atoms with Crippen LogP contribution in [0.1, 0.15) is 25.3 Å². The van der Waals surface area contributed by atoms with Gasteiger partial charge in [0, 0.05) is 28.4 Å². The topological polar surface area (TPSA) is 95.6 Å². The van der Waals surface area contributed by atoms with Crippen LogP contribution in [-0.4, -0.2) is 29.6 Å². The van der Waals surface area contributed by atoms with E-state index < -0.39 is 11.8 Å². The van der Waals surface area contributed by atoms with Crippen molar-refractivity contribution in [3.63, 3.8) is 0 Å². The van der Waals surface area contributed by atoms with Crippen LogP contribution in [0.2, 0.25) is 0 Å². The summed E-state index contributed by atoms with van der Waals surface area (Å²) in [6, 6.07) is 14.6. The highest BCUT2D eigenvalue weighted by molar-refractivity contribution is 6.39. The first kappa shape index (κ1) is 19.2. The molecule has 0 saturated heterocycles. The average molecular weight is 378 g/mol. The minimum Gasteiger partial charge on any atom is -0.494 e. The number of anilines is 1. The SMILES string of the molecule is CCCCOc1ccc(NC(=O)C(=O)N/N=C/c2c[nH]c3ccccc23)cc1. The third kappa shape index (κ3) is 4.97. The summed E-state index contributed by atoms with van der Waals surface area (Å²) in [5.41, 5.74) is 4.52. The van der Waals surface area contributed by atoms with Crippen molar-refractivity contribution in [3.8, 4) is 5.75 Å². The smallest absolute Gasteiger partial charge is 0.329 e. The molecular weight excluding hydrogens is 356 g/mol.